The van der Waals surface area contributed by atoms with Gasteiger partial charge in [-0.05, 0) is 32.9 Å². The topological polar surface area (TPSA) is 87.7 Å². The van der Waals surface area contributed by atoms with Crippen LogP contribution in [0, 0.1) is 0 Å². The number of carbonyl (C=O) groups excluding carboxylic acids is 3. The molecule has 3 amide bonds. The van der Waals surface area contributed by atoms with Crippen molar-refractivity contribution in [3.8, 4) is 0 Å². The highest BCUT2D eigenvalue weighted by Gasteiger charge is 2.24. The SMILES string of the molecule is CC(C)(C)OC(=O)NCC(=O)N1CCC(=O)Nc2ccccc21. The van der Waals surface area contributed by atoms with Crippen molar-refractivity contribution >= 4 is 29.3 Å². The maximum atomic E-state index is 12.4. The lowest BCUT2D eigenvalue weighted by molar-refractivity contribution is -0.118. The molecule has 0 bridgehead atoms. The molecule has 1 aromatic carbocycles. The summed E-state index contributed by atoms with van der Waals surface area (Å²) in [5.74, 6) is -0.451. The van der Waals surface area contributed by atoms with E-state index in [2.05, 4.69) is 10.6 Å². The van der Waals surface area contributed by atoms with Gasteiger partial charge in [0.1, 0.15) is 12.1 Å². The number of anilines is 2. The maximum Gasteiger partial charge on any atom is 0.408 e. The Morgan fingerprint density at radius 2 is 2.00 bits per heavy atom. The summed E-state index contributed by atoms with van der Waals surface area (Å²) in [4.78, 5) is 37.2. The van der Waals surface area contributed by atoms with Gasteiger partial charge in [0.25, 0.3) is 0 Å². The van der Waals surface area contributed by atoms with E-state index in [0.717, 1.165) is 0 Å². The van der Waals surface area contributed by atoms with Gasteiger partial charge in [0, 0.05) is 13.0 Å². The molecule has 0 atom stereocenters. The fourth-order valence-corrected chi connectivity index (χ4v) is 2.18. The molecule has 2 rings (SSSR count). The Labute approximate surface area is 135 Å². The zero-order chi connectivity index (χ0) is 17.0. The molecular formula is C16H21N3O4. The molecule has 2 N–H and O–H groups in total. The molecule has 0 fully saturated rings. The first-order chi connectivity index (χ1) is 10.8. The number of hydrogen-bond donors (Lipinski definition) is 2. The molecular weight excluding hydrogens is 298 g/mol. The molecule has 0 radical (unpaired) electrons. The number of amides is 3. The van der Waals surface area contributed by atoms with Crippen LogP contribution in [0.5, 0.6) is 0 Å². The number of benzene rings is 1. The van der Waals surface area contributed by atoms with Crippen molar-refractivity contribution in [1.82, 2.24) is 5.32 Å². The normalized spacial score (nSPS) is 14.4. The molecule has 0 saturated heterocycles. The largest absolute Gasteiger partial charge is 0.444 e. The second-order valence-corrected chi connectivity index (χ2v) is 6.22. The van der Waals surface area contributed by atoms with E-state index in [1.807, 2.05) is 0 Å². The number of hydrogen-bond acceptors (Lipinski definition) is 4. The predicted octanol–water partition coefficient (Wildman–Crippen LogP) is 1.89. The van der Waals surface area contributed by atoms with Crippen molar-refractivity contribution in [2.45, 2.75) is 32.8 Å². The molecule has 23 heavy (non-hydrogen) atoms. The van der Waals surface area contributed by atoms with E-state index in [4.69, 9.17) is 4.74 Å². The van der Waals surface area contributed by atoms with Crippen molar-refractivity contribution in [3.63, 3.8) is 0 Å². The molecule has 1 aliphatic rings. The Kier molecular flexibility index (Phi) is 4.88. The summed E-state index contributed by atoms with van der Waals surface area (Å²) in [6.45, 7) is 5.30. The number of ether oxygens (including phenoxy) is 1. The summed E-state index contributed by atoms with van der Waals surface area (Å²) in [5.41, 5.74) is 0.577. The summed E-state index contributed by atoms with van der Waals surface area (Å²) in [6, 6.07) is 7.07. The van der Waals surface area contributed by atoms with Crippen molar-refractivity contribution in [1.29, 1.82) is 0 Å². The highest BCUT2D eigenvalue weighted by molar-refractivity contribution is 6.04. The lowest BCUT2D eigenvalue weighted by Gasteiger charge is -2.23. The number of carbonyl (C=O) groups is 3. The van der Waals surface area contributed by atoms with Gasteiger partial charge in [-0.25, -0.2) is 4.79 Å². The molecule has 1 aliphatic heterocycles. The minimum Gasteiger partial charge on any atom is -0.444 e. The summed E-state index contributed by atoms with van der Waals surface area (Å²) in [7, 11) is 0. The van der Waals surface area contributed by atoms with Gasteiger partial charge in [-0.3, -0.25) is 9.59 Å². The Hall–Kier alpha value is -2.57. The quantitative estimate of drug-likeness (QED) is 0.871. The number of nitrogens with one attached hydrogen (secondary N) is 2. The summed E-state index contributed by atoms with van der Waals surface area (Å²) in [5, 5.41) is 5.20. The molecule has 0 aliphatic carbocycles. The molecule has 7 heteroatoms. The third-order valence-electron chi connectivity index (χ3n) is 3.12. The van der Waals surface area contributed by atoms with E-state index in [1.54, 1.807) is 45.0 Å². The van der Waals surface area contributed by atoms with Gasteiger partial charge in [0.15, 0.2) is 0 Å². The van der Waals surface area contributed by atoms with Crippen LogP contribution in [0.1, 0.15) is 27.2 Å². The van der Waals surface area contributed by atoms with Crippen LogP contribution in [-0.4, -0.2) is 36.6 Å². The van der Waals surface area contributed by atoms with Gasteiger partial charge in [-0.15, -0.1) is 0 Å². The van der Waals surface area contributed by atoms with Crippen LogP contribution in [0.4, 0.5) is 16.2 Å². The zero-order valence-electron chi connectivity index (χ0n) is 13.5. The Morgan fingerprint density at radius 1 is 1.30 bits per heavy atom. The van der Waals surface area contributed by atoms with Crippen molar-refractivity contribution in [2.75, 3.05) is 23.3 Å². The van der Waals surface area contributed by atoms with Crippen LogP contribution in [0.2, 0.25) is 0 Å². The van der Waals surface area contributed by atoms with Gasteiger partial charge in [-0.2, -0.15) is 0 Å². The summed E-state index contributed by atoms with van der Waals surface area (Å²) < 4.78 is 5.10. The van der Waals surface area contributed by atoms with Crippen LogP contribution in [0.3, 0.4) is 0 Å². The van der Waals surface area contributed by atoms with E-state index >= 15 is 0 Å². The molecule has 1 aromatic rings. The molecule has 0 saturated carbocycles. The monoisotopic (exact) mass is 319 g/mol. The van der Waals surface area contributed by atoms with Crippen LogP contribution >= 0.6 is 0 Å². The number of nitrogens with zero attached hydrogens (tertiary/aromatic N) is 1. The third kappa shape index (κ3) is 4.70. The van der Waals surface area contributed by atoms with Crippen LogP contribution in [-0.2, 0) is 14.3 Å². The van der Waals surface area contributed by atoms with E-state index in [1.165, 1.54) is 4.90 Å². The molecule has 124 valence electrons. The zero-order valence-corrected chi connectivity index (χ0v) is 13.5. The van der Waals surface area contributed by atoms with E-state index in [0.29, 0.717) is 11.4 Å². The lowest BCUT2D eigenvalue weighted by Crippen LogP contribution is -2.42. The minimum absolute atomic E-state index is 0.146. The van der Waals surface area contributed by atoms with Crippen LogP contribution < -0.4 is 15.5 Å². The van der Waals surface area contributed by atoms with E-state index in [-0.39, 0.29) is 31.3 Å². The Morgan fingerprint density at radius 3 is 2.70 bits per heavy atom. The first kappa shape index (κ1) is 16.8. The first-order valence-electron chi connectivity index (χ1n) is 7.42. The second kappa shape index (κ2) is 6.68. The van der Waals surface area contributed by atoms with Gasteiger partial charge in [0.2, 0.25) is 11.8 Å². The fraction of sp³-hybridized carbons (Fsp3) is 0.438. The number of fused-ring (bicyclic) bond motifs is 1. The lowest BCUT2D eigenvalue weighted by atomic mass is 10.2. The van der Waals surface area contributed by atoms with E-state index < -0.39 is 11.7 Å². The van der Waals surface area contributed by atoms with Gasteiger partial charge >= 0.3 is 6.09 Å². The van der Waals surface area contributed by atoms with Crippen LogP contribution in [0.25, 0.3) is 0 Å². The second-order valence-electron chi connectivity index (χ2n) is 6.22. The first-order valence-corrected chi connectivity index (χ1v) is 7.42. The highest BCUT2D eigenvalue weighted by Crippen LogP contribution is 2.28. The highest BCUT2D eigenvalue weighted by atomic mass is 16.6. The molecule has 1 heterocycles. The van der Waals surface area contributed by atoms with Crippen molar-refractivity contribution in [2.24, 2.45) is 0 Å². The maximum absolute atomic E-state index is 12.4. The fourth-order valence-electron chi connectivity index (χ4n) is 2.18. The average Bonchev–Trinajstić information content (AvgIpc) is 2.61. The third-order valence-corrected chi connectivity index (χ3v) is 3.12. The average molecular weight is 319 g/mol. The van der Waals surface area contributed by atoms with Gasteiger partial charge < -0.3 is 20.3 Å². The van der Waals surface area contributed by atoms with E-state index in [9.17, 15) is 14.4 Å². The molecule has 7 nitrogen and oxygen atoms in total. The molecule has 0 unspecified atom stereocenters. The van der Waals surface area contributed by atoms with Crippen LogP contribution in [0.15, 0.2) is 24.3 Å². The smallest absolute Gasteiger partial charge is 0.408 e. The molecule has 0 spiro atoms. The standard InChI is InChI=1S/C16H21N3O4/c1-16(2,3)23-15(22)17-10-14(21)19-9-8-13(20)18-11-6-4-5-7-12(11)19/h4-7H,8-10H2,1-3H3,(H,17,22)(H,18,20). The van der Waals surface area contributed by atoms with Gasteiger partial charge in [-0.1, -0.05) is 12.1 Å². The Balaban J connectivity index is 2.05. The van der Waals surface area contributed by atoms with Crippen molar-refractivity contribution < 1.29 is 19.1 Å². The molecule has 0 aromatic heterocycles. The summed E-state index contributed by atoms with van der Waals surface area (Å²) >= 11 is 0. The van der Waals surface area contributed by atoms with Gasteiger partial charge in [0.05, 0.1) is 11.4 Å². The number of para-hydroxylation sites is 2. The summed E-state index contributed by atoms with van der Waals surface area (Å²) in [6.07, 6.45) is -0.449. The minimum atomic E-state index is -0.650. The van der Waals surface area contributed by atoms with Crippen molar-refractivity contribution in [3.05, 3.63) is 24.3 Å². The predicted molar refractivity (Wildman–Crippen MR) is 86.3 cm³/mol. The number of rotatable bonds is 2. The number of alkyl carbamates (subject to hydrolysis) is 1. The Bertz CT molecular complexity index is 622.